The first-order valence-electron chi connectivity index (χ1n) is 4.25. The standard InChI is InChI=1S/C8H17NOS2/c1-2-7(6-12)9-8(10)4-3-5-11/h7,11-12H,2-6H2,1H3,(H,9,10). The molecule has 2 nitrogen and oxygen atoms in total. The minimum atomic E-state index is 0.116. The monoisotopic (exact) mass is 207 g/mol. The minimum absolute atomic E-state index is 0.116. The number of carbonyl (C=O) groups excluding carboxylic acids is 1. The van der Waals surface area contributed by atoms with Crippen LogP contribution in [-0.2, 0) is 4.79 Å². The summed E-state index contributed by atoms with van der Waals surface area (Å²) in [4.78, 5) is 11.2. The number of rotatable bonds is 6. The number of hydrogen-bond acceptors (Lipinski definition) is 3. The second-order valence-corrected chi connectivity index (χ2v) is 3.49. The first kappa shape index (κ1) is 12.2. The molecule has 1 amide bonds. The van der Waals surface area contributed by atoms with Gasteiger partial charge in [-0.15, -0.1) is 0 Å². The highest BCUT2D eigenvalue weighted by atomic mass is 32.1. The van der Waals surface area contributed by atoms with Crippen molar-refractivity contribution in [3.05, 3.63) is 0 Å². The predicted octanol–water partition coefficient (Wildman–Crippen LogP) is 1.52. The molecule has 0 heterocycles. The molecule has 0 aromatic carbocycles. The van der Waals surface area contributed by atoms with Gasteiger partial charge in [0.2, 0.25) is 5.91 Å². The van der Waals surface area contributed by atoms with Gasteiger partial charge in [-0.25, -0.2) is 0 Å². The smallest absolute Gasteiger partial charge is 0.220 e. The van der Waals surface area contributed by atoms with Crippen molar-refractivity contribution < 1.29 is 4.79 Å². The summed E-state index contributed by atoms with van der Waals surface area (Å²) in [6.45, 7) is 2.04. The third-order valence-corrected chi connectivity index (χ3v) is 2.40. The zero-order valence-corrected chi connectivity index (χ0v) is 9.20. The van der Waals surface area contributed by atoms with Crippen LogP contribution in [0.2, 0.25) is 0 Å². The van der Waals surface area contributed by atoms with Gasteiger partial charge in [-0.1, -0.05) is 6.92 Å². The van der Waals surface area contributed by atoms with Crippen LogP contribution >= 0.6 is 25.3 Å². The Bertz CT molecular complexity index is 126. The maximum Gasteiger partial charge on any atom is 0.220 e. The van der Waals surface area contributed by atoms with Gasteiger partial charge < -0.3 is 5.32 Å². The van der Waals surface area contributed by atoms with Gasteiger partial charge >= 0.3 is 0 Å². The van der Waals surface area contributed by atoms with Crippen LogP contribution in [0.1, 0.15) is 26.2 Å². The fourth-order valence-electron chi connectivity index (χ4n) is 0.816. The Labute approximate surface area is 85.3 Å². The lowest BCUT2D eigenvalue weighted by Crippen LogP contribution is -2.35. The van der Waals surface area contributed by atoms with Gasteiger partial charge in [0.15, 0.2) is 0 Å². The van der Waals surface area contributed by atoms with Crippen LogP contribution in [0.25, 0.3) is 0 Å². The van der Waals surface area contributed by atoms with Gasteiger partial charge in [0.25, 0.3) is 0 Å². The molecule has 0 spiro atoms. The van der Waals surface area contributed by atoms with Crippen molar-refractivity contribution in [3.8, 4) is 0 Å². The second-order valence-electron chi connectivity index (χ2n) is 2.68. The first-order chi connectivity index (χ1) is 5.74. The molecule has 0 saturated heterocycles. The van der Waals surface area contributed by atoms with Gasteiger partial charge in [-0.2, -0.15) is 25.3 Å². The van der Waals surface area contributed by atoms with Gasteiger partial charge in [-0.3, -0.25) is 4.79 Å². The Morgan fingerprint density at radius 2 is 2.17 bits per heavy atom. The number of hydrogen-bond donors (Lipinski definition) is 3. The summed E-state index contributed by atoms with van der Waals surface area (Å²) < 4.78 is 0. The van der Waals surface area contributed by atoms with E-state index in [1.54, 1.807) is 0 Å². The van der Waals surface area contributed by atoms with Crippen molar-refractivity contribution in [2.75, 3.05) is 11.5 Å². The molecule has 0 rings (SSSR count). The normalized spacial score (nSPS) is 12.6. The zero-order valence-electron chi connectivity index (χ0n) is 7.42. The molecule has 1 atom stereocenters. The van der Waals surface area contributed by atoms with Crippen LogP contribution in [0.5, 0.6) is 0 Å². The lowest BCUT2D eigenvalue weighted by atomic mass is 10.2. The summed E-state index contributed by atoms with van der Waals surface area (Å²) in [5.41, 5.74) is 0. The predicted molar refractivity (Wildman–Crippen MR) is 59.2 cm³/mol. The van der Waals surface area contributed by atoms with Crippen molar-refractivity contribution in [1.82, 2.24) is 5.32 Å². The first-order valence-corrected chi connectivity index (χ1v) is 5.52. The Hall–Kier alpha value is 0.170. The van der Waals surface area contributed by atoms with Crippen LogP contribution in [0, 0.1) is 0 Å². The molecule has 1 N–H and O–H groups in total. The third kappa shape index (κ3) is 5.77. The Morgan fingerprint density at radius 3 is 2.58 bits per heavy atom. The number of carbonyl (C=O) groups is 1. The van der Waals surface area contributed by atoms with Crippen LogP contribution in [-0.4, -0.2) is 23.5 Å². The highest BCUT2D eigenvalue weighted by Crippen LogP contribution is 1.96. The second kappa shape index (κ2) is 7.80. The summed E-state index contributed by atoms with van der Waals surface area (Å²) in [6.07, 6.45) is 2.36. The van der Waals surface area contributed by atoms with Gasteiger partial charge in [0, 0.05) is 18.2 Å². The van der Waals surface area contributed by atoms with Crippen molar-refractivity contribution in [3.63, 3.8) is 0 Å². The fourth-order valence-corrected chi connectivity index (χ4v) is 1.32. The van der Waals surface area contributed by atoms with Crippen LogP contribution < -0.4 is 5.32 Å². The third-order valence-electron chi connectivity index (χ3n) is 1.64. The lowest BCUT2D eigenvalue weighted by Gasteiger charge is -2.13. The molecule has 0 aliphatic heterocycles. The summed E-state index contributed by atoms with van der Waals surface area (Å²) >= 11 is 8.17. The van der Waals surface area contributed by atoms with E-state index in [0.29, 0.717) is 12.2 Å². The topological polar surface area (TPSA) is 29.1 Å². The quantitative estimate of drug-likeness (QED) is 0.566. The van der Waals surface area contributed by atoms with E-state index in [9.17, 15) is 4.79 Å². The number of amides is 1. The molecule has 12 heavy (non-hydrogen) atoms. The number of thiol groups is 2. The van der Waals surface area contributed by atoms with E-state index in [4.69, 9.17) is 0 Å². The molecular formula is C8H17NOS2. The van der Waals surface area contributed by atoms with Crippen molar-refractivity contribution >= 4 is 31.2 Å². The zero-order chi connectivity index (χ0) is 9.40. The summed E-state index contributed by atoms with van der Waals surface area (Å²) in [6, 6.07) is 0.223. The molecule has 0 aromatic rings. The molecule has 72 valence electrons. The average Bonchev–Trinajstić information content (AvgIpc) is 2.10. The Morgan fingerprint density at radius 1 is 1.50 bits per heavy atom. The van der Waals surface area contributed by atoms with Crippen molar-refractivity contribution in [2.24, 2.45) is 0 Å². The molecule has 1 unspecified atom stereocenters. The molecule has 0 aromatic heterocycles. The van der Waals surface area contributed by atoms with Crippen LogP contribution in [0.4, 0.5) is 0 Å². The van der Waals surface area contributed by atoms with Crippen molar-refractivity contribution in [2.45, 2.75) is 32.2 Å². The van der Waals surface area contributed by atoms with E-state index in [1.807, 2.05) is 6.92 Å². The summed E-state index contributed by atoms with van der Waals surface area (Å²) in [5.74, 6) is 1.60. The molecular weight excluding hydrogens is 190 g/mol. The molecule has 0 aliphatic rings. The van der Waals surface area contributed by atoms with Crippen LogP contribution in [0.15, 0.2) is 0 Å². The van der Waals surface area contributed by atoms with Crippen molar-refractivity contribution in [1.29, 1.82) is 0 Å². The fraction of sp³-hybridized carbons (Fsp3) is 0.875. The minimum Gasteiger partial charge on any atom is -0.353 e. The lowest BCUT2D eigenvalue weighted by molar-refractivity contribution is -0.121. The van der Waals surface area contributed by atoms with Crippen LogP contribution in [0.3, 0.4) is 0 Å². The summed E-state index contributed by atoms with van der Waals surface area (Å²) in [5, 5.41) is 2.90. The van der Waals surface area contributed by atoms with E-state index in [1.165, 1.54) is 0 Å². The van der Waals surface area contributed by atoms with E-state index in [2.05, 4.69) is 30.6 Å². The maximum absolute atomic E-state index is 11.2. The van der Waals surface area contributed by atoms with E-state index < -0.39 is 0 Å². The Kier molecular flexibility index (Phi) is 7.91. The average molecular weight is 207 g/mol. The van der Waals surface area contributed by atoms with Gasteiger partial charge in [0.05, 0.1) is 0 Å². The molecule has 0 saturated carbocycles. The van der Waals surface area contributed by atoms with E-state index in [-0.39, 0.29) is 11.9 Å². The largest absolute Gasteiger partial charge is 0.353 e. The number of nitrogens with one attached hydrogen (secondary N) is 1. The molecule has 4 heteroatoms. The molecule has 0 bridgehead atoms. The highest BCUT2D eigenvalue weighted by Gasteiger charge is 2.06. The van der Waals surface area contributed by atoms with Gasteiger partial charge in [0.1, 0.15) is 0 Å². The molecule has 0 aliphatic carbocycles. The maximum atomic E-state index is 11.2. The van der Waals surface area contributed by atoms with E-state index >= 15 is 0 Å². The Balaban J connectivity index is 3.52. The molecule has 0 radical (unpaired) electrons. The SMILES string of the molecule is CCC(CS)NC(=O)CCCS. The van der Waals surface area contributed by atoms with Gasteiger partial charge in [-0.05, 0) is 18.6 Å². The highest BCUT2D eigenvalue weighted by molar-refractivity contribution is 7.80. The molecule has 0 fully saturated rings. The van der Waals surface area contributed by atoms with E-state index in [0.717, 1.165) is 18.6 Å². The summed E-state index contributed by atoms with van der Waals surface area (Å²) in [7, 11) is 0.